The summed E-state index contributed by atoms with van der Waals surface area (Å²) in [6.07, 6.45) is 9.06. The lowest BCUT2D eigenvalue weighted by Gasteiger charge is -2.04. The van der Waals surface area contributed by atoms with E-state index >= 15 is 0 Å². The predicted molar refractivity (Wildman–Crippen MR) is 55.5 cm³/mol. The highest BCUT2D eigenvalue weighted by atomic mass is 32.2. The van der Waals surface area contributed by atoms with E-state index in [2.05, 4.69) is 34.8 Å². The molecule has 0 radical (unpaired) electrons. The molecule has 0 saturated carbocycles. The van der Waals surface area contributed by atoms with Crippen LogP contribution in [0.25, 0.3) is 0 Å². The van der Waals surface area contributed by atoms with Gasteiger partial charge in [0.1, 0.15) is 0 Å². The first-order valence-corrected chi connectivity index (χ1v) is 4.79. The van der Waals surface area contributed by atoms with Gasteiger partial charge in [-0.1, -0.05) is 6.08 Å². The Bertz CT molecular complexity index is 253. The monoisotopic (exact) mass is 181 g/mol. The number of hydrazone groups is 2. The van der Waals surface area contributed by atoms with Crippen molar-refractivity contribution in [1.82, 2.24) is 5.53 Å². The van der Waals surface area contributed by atoms with E-state index in [1.807, 2.05) is 12.2 Å². The number of rotatable bonds is 3. The van der Waals surface area contributed by atoms with Crippen LogP contribution in [0.2, 0.25) is 0 Å². The molecule has 0 aromatic carbocycles. The highest BCUT2D eigenvalue weighted by Gasteiger charge is 2.00. The second-order valence-electron chi connectivity index (χ2n) is 2.21. The molecular weight excluding hydrogens is 170 g/mol. The number of nitrogens with zero attached hydrogens (tertiary/aromatic N) is 2. The van der Waals surface area contributed by atoms with Crippen molar-refractivity contribution in [2.75, 3.05) is 6.26 Å². The first-order chi connectivity index (χ1) is 5.86. The van der Waals surface area contributed by atoms with E-state index in [0.717, 1.165) is 12.1 Å². The summed E-state index contributed by atoms with van der Waals surface area (Å²) in [7, 11) is 0. The van der Waals surface area contributed by atoms with Gasteiger partial charge >= 0.3 is 0 Å². The fourth-order valence-corrected chi connectivity index (χ4v) is 1.31. The van der Waals surface area contributed by atoms with Crippen molar-refractivity contribution in [2.24, 2.45) is 10.2 Å². The third-order valence-corrected chi connectivity index (χ3v) is 2.23. The summed E-state index contributed by atoms with van der Waals surface area (Å²) >= 11 is 1.73. The van der Waals surface area contributed by atoms with Crippen molar-refractivity contribution in [1.29, 1.82) is 0 Å². The zero-order valence-electron chi connectivity index (χ0n) is 6.95. The number of hydrogen-bond donors (Lipinski definition) is 1. The van der Waals surface area contributed by atoms with E-state index in [0.29, 0.717) is 0 Å². The van der Waals surface area contributed by atoms with Crippen LogP contribution >= 0.6 is 11.8 Å². The minimum absolute atomic E-state index is 0.856. The third-order valence-electron chi connectivity index (χ3n) is 1.45. The summed E-state index contributed by atoms with van der Waals surface area (Å²) < 4.78 is 0. The maximum atomic E-state index is 3.97. The van der Waals surface area contributed by atoms with Crippen LogP contribution in [0.1, 0.15) is 6.42 Å². The molecule has 1 aliphatic carbocycles. The Labute approximate surface area is 76.3 Å². The van der Waals surface area contributed by atoms with E-state index < -0.39 is 0 Å². The Morgan fingerprint density at radius 3 is 2.92 bits per heavy atom. The molecule has 0 aromatic rings. The highest BCUT2D eigenvalue weighted by Crippen LogP contribution is 2.17. The van der Waals surface area contributed by atoms with Gasteiger partial charge in [0, 0.05) is 18.0 Å². The maximum absolute atomic E-state index is 3.97. The second kappa shape index (κ2) is 4.77. The molecule has 1 rings (SSSR count). The largest absolute Gasteiger partial charge is 0.198 e. The van der Waals surface area contributed by atoms with Gasteiger partial charge in [0.15, 0.2) is 0 Å². The minimum Gasteiger partial charge on any atom is -0.198 e. The molecule has 0 heterocycles. The first kappa shape index (κ1) is 9.06. The predicted octanol–water partition coefficient (Wildman–Crippen LogP) is 1.75. The van der Waals surface area contributed by atoms with E-state index in [9.17, 15) is 0 Å². The zero-order chi connectivity index (χ0) is 8.81. The van der Waals surface area contributed by atoms with Gasteiger partial charge in [0.05, 0.1) is 5.71 Å². The van der Waals surface area contributed by atoms with E-state index in [1.165, 1.54) is 4.91 Å². The molecule has 64 valence electrons. The molecule has 0 atom stereocenters. The summed E-state index contributed by atoms with van der Waals surface area (Å²) in [5, 5.41) is 7.39. The van der Waals surface area contributed by atoms with Crippen LogP contribution in [0.5, 0.6) is 0 Å². The average molecular weight is 181 g/mol. The average Bonchev–Trinajstić information content (AvgIpc) is 2.15. The number of thioether (sulfide) groups is 1. The van der Waals surface area contributed by atoms with Gasteiger partial charge in [0.2, 0.25) is 0 Å². The van der Waals surface area contributed by atoms with Gasteiger partial charge in [-0.3, -0.25) is 0 Å². The van der Waals surface area contributed by atoms with Crippen molar-refractivity contribution >= 4 is 24.2 Å². The lowest BCUT2D eigenvalue weighted by molar-refractivity contribution is 0.814. The smallest absolute Gasteiger partial charge is 0.0662 e. The molecule has 0 bridgehead atoms. The van der Waals surface area contributed by atoms with Crippen molar-refractivity contribution in [3.05, 3.63) is 23.1 Å². The normalized spacial score (nSPS) is 19.1. The molecule has 0 aromatic heterocycles. The number of allylic oxidation sites excluding steroid dienone is 3. The Kier molecular flexibility index (Phi) is 3.60. The summed E-state index contributed by atoms with van der Waals surface area (Å²) in [6, 6.07) is 0. The van der Waals surface area contributed by atoms with Crippen molar-refractivity contribution in [3.8, 4) is 0 Å². The quantitative estimate of drug-likeness (QED) is 0.532. The second-order valence-corrected chi connectivity index (χ2v) is 3.09. The highest BCUT2D eigenvalue weighted by molar-refractivity contribution is 8.02. The van der Waals surface area contributed by atoms with Gasteiger partial charge in [-0.15, -0.1) is 11.8 Å². The zero-order valence-corrected chi connectivity index (χ0v) is 7.77. The van der Waals surface area contributed by atoms with Gasteiger partial charge in [-0.25, -0.2) is 0 Å². The van der Waals surface area contributed by atoms with Crippen molar-refractivity contribution in [3.63, 3.8) is 0 Å². The van der Waals surface area contributed by atoms with Gasteiger partial charge in [-0.05, 0) is 18.4 Å². The summed E-state index contributed by atoms with van der Waals surface area (Å²) in [4.78, 5) is 1.28. The molecule has 4 heteroatoms. The van der Waals surface area contributed by atoms with Crippen LogP contribution in [0, 0.1) is 0 Å². The van der Waals surface area contributed by atoms with E-state index in [4.69, 9.17) is 0 Å². The molecule has 0 unspecified atom stereocenters. The Morgan fingerprint density at radius 1 is 1.58 bits per heavy atom. The molecule has 0 saturated heterocycles. The molecule has 0 amide bonds. The van der Waals surface area contributed by atoms with Gasteiger partial charge < -0.3 is 0 Å². The fourth-order valence-electron chi connectivity index (χ4n) is 0.853. The summed E-state index contributed by atoms with van der Waals surface area (Å²) in [5.74, 6) is 0. The van der Waals surface area contributed by atoms with Crippen LogP contribution in [-0.2, 0) is 0 Å². The lowest BCUT2D eigenvalue weighted by atomic mass is 10.2. The topological polar surface area (TPSA) is 36.8 Å². The third kappa shape index (κ3) is 2.54. The molecular formula is C8H11N3S. The van der Waals surface area contributed by atoms with Gasteiger partial charge in [0.25, 0.3) is 0 Å². The number of hydrogen-bond acceptors (Lipinski definition) is 4. The Morgan fingerprint density at radius 2 is 2.42 bits per heavy atom. The minimum atomic E-state index is 0.856. The molecule has 12 heavy (non-hydrogen) atoms. The standard InChI is InChI=1S/C8H11N3S/c1-9-11-10-7-3-5-8(12-2)6-4-7/h3,5-6,11H,1,4H2,2H3/b10-7-. The molecule has 3 nitrogen and oxygen atoms in total. The van der Waals surface area contributed by atoms with Crippen LogP contribution in [0.4, 0.5) is 0 Å². The van der Waals surface area contributed by atoms with Crippen molar-refractivity contribution < 1.29 is 0 Å². The Hall–Kier alpha value is -1.03. The van der Waals surface area contributed by atoms with Crippen LogP contribution in [0.3, 0.4) is 0 Å². The van der Waals surface area contributed by atoms with Gasteiger partial charge in [-0.2, -0.15) is 15.7 Å². The molecule has 0 aliphatic heterocycles. The van der Waals surface area contributed by atoms with Crippen molar-refractivity contribution in [2.45, 2.75) is 6.42 Å². The van der Waals surface area contributed by atoms with E-state index in [-0.39, 0.29) is 0 Å². The Balaban J connectivity index is 2.53. The summed E-state index contributed by atoms with van der Waals surface area (Å²) in [5.41, 5.74) is 3.44. The molecule has 1 aliphatic rings. The van der Waals surface area contributed by atoms with Crippen LogP contribution < -0.4 is 5.53 Å². The first-order valence-electron chi connectivity index (χ1n) is 3.56. The molecule has 0 spiro atoms. The lowest BCUT2D eigenvalue weighted by Crippen LogP contribution is -2.03. The van der Waals surface area contributed by atoms with E-state index in [1.54, 1.807) is 11.8 Å². The molecule has 0 fully saturated rings. The SMILES string of the molecule is C=NN/N=C1/C=CC(SC)=CC1. The summed E-state index contributed by atoms with van der Waals surface area (Å²) in [6.45, 7) is 3.26. The van der Waals surface area contributed by atoms with Crippen LogP contribution in [-0.4, -0.2) is 18.7 Å². The maximum Gasteiger partial charge on any atom is 0.0662 e. The fraction of sp³-hybridized carbons (Fsp3) is 0.250. The number of nitrogens with one attached hydrogen (secondary N) is 1. The van der Waals surface area contributed by atoms with Crippen LogP contribution in [0.15, 0.2) is 33.3 Å². The molecule has 1 N–H and O–H groups in total.